The van der Waals surface area contributed by atoms with Gasteiger partial charge in [0, 0.05) is 0 Å². The molecule has 1 aliphatic rings. The van der Waals surface area contributed by atoms with Gasteiger partial charge in [0.2, 0.25) is 0 Å². The minimum Gasteiger partial charge on any atom is -0.504 e. The summed E-state index contributed by atoms with van der Waals surface area (Å²) in [5, 5.41) is 20.5. The second-order valence-electron chi connectivity index (χ2n) is 2.35. The van der Waals surface area contributed by atoms with E-state index < -0.39 is 0 Å². The summed E-state index contributed by atoms with van der Waals surface area (Å²) < 4.78 is 0. The number of aliphatic hydroxyl groups excluding tert-OH is 2. The number of hydrogen-bond donors (Lipinski definition) is 3. The van der Waals surface area contributed by atoms with Crippen LogP contribution < -0.4 is 5.32 Å². The van der Waals surface area contributed by atoms with Crippen molar-refractivity contribution in [3.8, 4) is 0 Å². The fourth-order valence-corrected chi connectivity index (χ4v) is 0.879. The zero-order valence-electron chi connectivity index (χ0n) is 6.29. The maximum Gasteiger partial charge on any atom is 0.314 e. The van der Waals surface area contributed by atoms with Gasteiger partial charge in [0.05, 0.1) is 5.70 Å². The number of allylic oxidation sites excluding steroid dienone is 2. The number of hydrogen-bond acceptors (Lipinski definition) is 3. The molecule has 0 atom stereocenters. The molecule has 0 saturated carbocycles. The van der Waals surface area contributed by atoms with Gasteiger partial charge in [-0.3, -0.25) is 4.79 Å². The molecule has 0 aromatic carbocycles. The van der Waals surface area contributed by atoms with Crippen molar-refractivity contribution in [2.75, 3.05) is 0 Å². The number of rotatable bonds is 2. The van der Waals surface area contributed by atoms with Crippen molar-refractivity contribution in [2.45, 2.75) is 6.42 Å². The molecular formula is C8H8NO3. The van der Waals surface area contributed by atoms with E-state index >= 15 is 0 Å². The van der Waals surface area contributed by atoms with E-state index in [2.05, 4.69) is 11.9 Å². The molecule has 0 heterocycles. The minimum atomic E-state index is -0.366. The second-order valence-corrected chi connectivity index (χ2v) is 2.35. The van der Waals surface area contributed by atoms with Crippen LogP contribution in [0.3, 0.4) is 0 Å². The minimum absolute atomic E-state index is 0.162. The van der Waals surface area contributed by atoms with E-state index in [1.54, 1.807) is 6.08 Å². The largest absolute Gasteiger partial charge is 0.504 e. The summed E-state index contributed by atoms with van der Waals surface area (Å²) in [7, 11) is 0. The smallest absolute Gasteiger partial charge is 0.314 e. The number of nitrogens with one attached hydrogen (secondary N) is 1. The number of amides is 1. The standard InChI is InChI=1S/C8H8NO3/c1-5-2-3-6(9-4-10)8(12)7(5)11/h3,11-12H,1-2H2,(H,9,10). The van der Waals surface area contributed by atoms with Crippen LogP contribution in [0, 0.1) is 0 Å². The van der Waals surface area contributed by atoms with Gasteiger partial charge in [-0.05, 0) is 12.0 Å². The van der Waals surface area contributed by atoms with Crippen molar-refractivity contribution in [2.24, 2.45) is 0 Å². The van der Waals surface area contributed by atoms with Gasteiger partial charge in [0.1, 0.15) is 0 Å². The molecule has 0 aromatic rings. The quantitative estimate of drug-likeness (QED) is 0.532. The van der Waals surface area contributed by atoms with Crippen molar-refractivity contribution < 1.29 is 15.0 Å². The first-order chi connectivity index (χ1) is 5.66. The lowest BCUT2D eigenvalue weighted by Gasteiger charge is -2.13. The lowest BCUT2D eigenvalue weighted by atomic mass is 10.0. The van der Waals surface area contributed by atoms with Crippen LogP contribution in [0.5, 0.6) is 0 Å². The zero-order chi connectivity index (χ0) is 9.14. The Balaban J connectivity index is 2.94. The highest BCUT2D eigenvalue weighted by Gasteiger charge is 2.16. The molecule has 0 bridgehead atoms. The second kappa shape index (κ2) is 3.13. The van der Waals surface area contributed by atoms with Gasteiger partial charge in [0.15, 0.2) is 11.5 Å². The van der Waals surface area contributed by atoms with E-state index in [1.807, 2.05) is 0 Å². The Hall–Kier alpha value is -1.71. The summed E-state index contributed by atoms with van der Waals surface area (Å²) >= 11 is 0. The molecule has 63 valence electrons. The molecule has 4 nitrogen and oxygen atoms in total. The van der Waals surface area contributed by atoms with E-state index in [1.165, 1.54) is 6.41 Å². The molecule has 4 heteroatoms. The van der Waals surface area contributed by atoms with Gasteiger partial charge in [-0.1, -0.05) is 12.7 Å². The van der Waals surface area contributed by atoms with Crippen molar-refractivity contribution >= 4 is 6.41 Å². The highest BCUT2D eigenvalue weighted by Crippen LogP contribution is 2.22. The predicted molar refractivity (Wildman–Crippen MR) is 43.0 cm³/mol. The Labute approximate surface area is 69.5 Å². The van der Waals surface area contributed by atoms with E-state index in [4.69, 9.17) is 5.11 Å². The van der Waals surface area contributed by atoms with Crippen molar-refractivity contribution in [3.63, 3.8) is 0 Å². The average molecular weight is 166 g/mol. The van der Waals surface area contributed by atoms with Crippen LogP contribution in [-0.2, 0) is 4.79 Å². The third-order valence-electron chi connectivity index (χ3n) is 1.55. The van der Waals surface area contributed by atoms with Crippen LogP contribution in [-0.4, -0.2) is 16.6 Å². The predicted octanol–water partition coefficient (Wildman–Crippen LogP) is 0.815. The normalized spacial score (nSPS) is 17.3. The molecule has 12 heavy (non-hydrogen) atoms. The summed E-state index contributed by atoms with van der Waals surface area (Å²) in [6.07, 6.45) is 3.35. The Morgan fingerprint density at radius 3 is 2.75 bits per heavy atom. The lowest BCUT2D eigenvalue weighted by Crippen LogP contribution is -2.16. The fourth-order valence-electron chi connectivity index (χ4n) is 0.879. The van der Waals surface area contributed by atoms with Crippen LogP contribution in [0.1, 0.15) is 6.42 Å². The highest BCUT2D eigenvalue weighted by molar-refractivity contribution is 5.55. The summed E-state index contributed by atoms with van der Waals surface area (Å²) in [6, 6.07) is 0. The Morgan fingerprint density at radius 1 is 1.50 bits per heavy atom. The van der Waals surface area contributed by atoms with Gasteiger partial charge in [-0.25, -0.2) is 0 Å². The third-order valence-corrected chi connectivity index (χ3v) is 1.55. The van der Waals surface area contributed by atoms with E-state index in [0.717, 1.165) is 0 Å². The molecular weight excluding hydrogens is 158 g/mol. The Bertz CT molecular complexity index is 289. The zero-order valence-corrected chi connectivity index (χ0v) is 6.29. The van der Waals surface area contributed by atoms with E-state index in [9.17, 15) is 9.90 Å². The highest BCUT2D eigenvalue weighted by atomic mass is 16.3. The first-order valence-electron chi connectivity index (χ1n) is 3.31. The average Bonchev–Trinajstić information content (AvgIpc) is 2.07. The van der Waals surface area contributed by atoms with E-state index in [-0.39, 0.29) is 17.2 Å². The Kier molecular flexibility index (Phi) is 2.19. The fraction of sp³-hybridized carbons (Fsp3) is 0.125. The molecule has 0 aromatic heterocycles. The maximum absolute atomic E-state index is 9.89. The van der Waals surface area contributed by atoms with Crippen molar-refractivity contribution in [3.05, 3.63) is 35.4 Å². The summed E-state index contributed by atoms with van der Waals surface area (Å²) in [6.45, 7) is 3.50. The van der Waals surface area contributed by atoms with Crippen LogP contribution in [0.15, 0.2) is 35.4 Å². The molecule has 1 rings (SSSR count). The molecule has 0 fully saturated rings. The molecule has 1 radical (unpaired) electrons. The van der Waals surface area contributed by atoms with E-state index in [0.29, 0.717) is 12.0 Å². The van der Waals surface area contributed by atoms with Crippen molar-refractivity contribution in [1.29, 1.82) is 0 Å². The van der Waals surface area contributed by atoms with Gasteiger partial charge in [-0.15, -0.1) is 0 Å². The van der Waals surface area contributed by atoms with Crippen LogP contribution >= 0.6 is 0 Å². The SMILES string of the molecule is C=C1CC=C(N[C]=O)C(O)=C1O. The van der Waals surface area contributed by atoms with Gasteiger partial charge in [0.25, 0.3) is 0 Å². The molecule has 0 saturated heterocycles. The number of carbonyl (C=O) groups excluding carboxylic acids is 1. The van der Waals surface area contributed by atoms with Crippen LogP contribution in [0.2, 0.25) is 0 Å². The molecule has 3 N–H and O–H groups in total. The van der Waals surface area contributed by atoms with Crippen LogP contribution in [0.4, 0.5) is 0 Å². The Morgan fingerprint density at radius 2 is 2.17 bits per heavy atom. The molecule has 0 unspecified atom stereocenters. The lowest BCUT2D eigenvalue weighted by molar-refractivity contribution is 0.333. The summed E-state index contributed by atoms with van der Waals surface area (Å²) in [5.74, 6) is -0.648. The number of aliphatic hydroxyl groups is 2. The summed E-state index contributed by atoms with van der Waals surface area (Å²) in [4.78, 5) is 9.89. The van der Waals surface area contributed by atoms with Gasteiger partial charge < -0.3 is 15.5 Å². The van der Waals surface area contributed by atoms with Gasteiger partial charge in [-0.2, -0.15) is 0 Å². The molecule has 0 spiro atoms. The van der Waals surface area contributed by atoms with Crippen LogP contribution in [0.25, 0.3) is 0 Å². The van der Waals surface area contributed by atoms with Gasteiger partial charge >= 0.3 is 6.41 Å². The third kappa shape index (κ3) is 1.32. The molecule has 0 aliphatic heterocycles. The first-order valence-corrected chi connectivity index (χ1v) is 3.31. The molecule has 1 amide bonds. The molecule has 1 aliphatic carbocycles. The monoisotopic (exact) mass is 166 g/mol. The van der Waals surface area contributed by atoms with Crippen molar-refractivity contribution in [1.82, 2.24) is 5.32 Å². The first kappa shape index (κ1) is 8.39. The topological polar surface area (TPSA) is 69.6 Å². The summed E-state index contributed by atoms with van der Waals surface area (Å²) in [5.41, 5.74) is 0.582. The maximum atomic E-state index is 9.89.